The summed E-state index contributed by atoms with van der Waals surface area (Å²) in [5.41, 5.74) is 2.59. The number of pyridine rings is 1. The van der Waals surface area contributed by atoms with Gasteiger partial charge in [-0.1, -0.05) is 17.7 Å². The molecule has 1 unspecified atom stereocenters. The second-order valence-electron chi connectivity index (χ2n) is 7.40. The van der Waals surface area contributed by atoms with E-state index in [1.807, 2.05) is 26.0 Å². The van der Waals surface area contributed by atoms with E-state index >= 15 is 0 Å². The van der Waals surface area contributed by atoms with Crippen LogP contribution >= 0.6 is 11.6 Å². The van der Waals surface area contributed by atoms with Gasteiger partial charge in [0.25, 0.3) is 0 Å². The van der Waals surface area contributed by atoms with Gasteiger partial charge < -0.3 is 4.57 Å². The average molecular weight is 419 g/mol. The lowest BCUT2D eigenvalue weighted by molar-refractivity contribution is 0.245. The molecule has 0 spiro atoms. The molecule has 2 aromatic heterocycles. The molecule has 0 bridgehead atoms. The molecule has 0 amide bonds. The van der Waals surface area contributed by atoms with Gasteiger partial charge >= 0.3 is 0 Å². The normalized spacial score (nSPS) is 18.6. The van der Waals surface area contributed by atoms with Crippen LogP contribution in [0.3, 0.4) is 0 Å². The van der Waals surface area contributed by atoms with Crippen molar-refractivity contribution in [3.05, 3.63) is 52.9 Å². The molecule has 1 fully saturated rings. The molecule has 1 saturated heterocycles. The van der Waals surface area contributed by atoms with Crippen molar-refractivity contribution in [1.82, 2.24) is 18.8 Å². The van der Waals surface area contributed by atoms with Crippen molar-refractivity contribution in [2.75, 3.05) is 13.1 Å². The fraction of sp³-hybridized carbons (Fsp3) is 0.400. The lowest BCUT2D eigenvalue weighted by atomic mass is 9.99. The number of aromatic nitrogens is 3. The fourth-order valence-corrected chi connectivity index (χ4v) is 5.65. The van der Waals surface area contributed by atoms with Crippen molar-refractivity contribution in [3.8, 4) is 0 Å². The van der Waals surface area contributed by atoms with Crippen molar-refractivity contribution in [1.29, 1.82) is 0 Å². The first-order chi connectivity index (χ1) is 13.4. The van der Waals surface area contributed by atoms with E-state index in [1.165, 1.54) is 0 Å². The number of aryl methyl sites for hydroxylation is 2. The van der Waals surface area contributed by atoms with E-state index in [0.29, 0.717) is 24.7 Å². The van der Waals surface area contributed by atoms with Crippen LogP contribution in [0.15, 0.2) is 41.4 Å². The van der Waals surface area contributed by atoms with Gasteiger partial charge in [-0.25, -0.2) is 18.4 Å². The van der Waals surface area contributed by atoms with Crippen LogP contribution in [0, 0.1) is 19.8 Å². The van der Waals surface area contributed by atoms with E-state index in [0.717, 1.165) is 35.4 Å². The Morgan fingerprint density at radius 3 is 2.86 bits per heavy atom. The Hall–Kier alpha value is -1.96. The van der Waals surface area contributed by atoms with E-state index in [1.54, 1.807) is 28.7 Å². The van der Waals surface area contributed by atoms with Gasteiger partial charge in [0.05, 0.1) is 4.90 Å². The second-order valence-corrected chi connectivity index (χ2v) is 9.74. The molecule has 1 atom stereocenters. The quantitative estimate of drug-likeness (QED) is 0.646. The number of nitrogens with zero attached hydrogens (tertiary/aromatic N) is 4. The Morgan fingerprint density at radius 2 is 2.07 bits per heavy atom. The number of fused-ring (bicyclic) bond motifs is 1. The van der Waals surface area contributed by atoms with Crippen LogP contribution in [-0.4, -0.2) is 40.3 Å². The van der Waals surface area contributed by atoms with Crippen molar-refractivity contribution in [2.24, 2.45) is 5.92 Å². The van der Waals surface area contributed by atoms with Gasteiger partial charge in [0.15, 0.2) is 5.65 Å². The number of sulfonamides is 1. The lowest BCUT2D eigenvalue weighted by Crippen LogP contribution is -2.41. The minimum atomic E-state index is -3.56. The van der Waals surface area contributed by atoms with Gasteiger partial charge in [-0.05, 0) is 62.4 Å². The fourth-order valence-electron chi connectivity index (χ4n) is 3.83. The van der Waals surface area contributed by atoms with Crippen molar-refractivity contribution < 1.29 is 8.42 Å². The van der Waals surface area contributed by atoms with Crippen LogP contribution in [-0.2, 0) is 16.6 Å². The van der Waals surface area contributed by atoms with Crippen LogP contribution in [0.25, 0.3) is 11.2 Å². The number of rotatable bonds is 4. The Bertz CT molecular complexity index is 1130. The predicted molar refractivity (Wildman–Crippen MR) is 110 cm³/mol. The van der Waals surface area contributed by atoms with Gasteiger partial charge in [-0.2, -0.15) is 4.31 Å². The Labute approximate surface area is 170 Å². The Morgan fingerprint density at radius 1 is 1.25 bits per heavy atom. The van der Waals surface area contributed by atoms with Crippen LogP contribution in [0.4, 0.5) is 0 Å². The highest BCUT2D eigenvalue weighted by molar-refractivity contribution is 7.89. The summed E-state index contributed by atoms with van der Waals surface area (Å²) in [5, 5.41) is 0.473. The maximum atomic E-state index is 13.1. The van der Waals surface area contributed by atoms with Crippen molar-refractivity contribution >= 4 is 32.8 Å². The Kier molecular flexibility index (Phi) is 5.16. The summed E-state index contributed by atoms with van der Waals surface area (Å²) in [7, 11) is -3.56. The van der Waals surface area contributed by atoms with Gasteiger partial charge in [0.2, 0.25) is 10.0 Å². The number of piperidine rings is 1. The SMILES string of the molecule is Cc1ccc(S(=O)(=O)N2CCCC(Cn3c(C)nc4cccnc43)C2)cc1Cl. The van der Waals surface area contributed by atoms with Crippen LogP contribution in [0.5, 0.6) is 0 Å². The third-order valence-electron chi connectivity index (χ3n) is 5.40. The monoisotopic (exact) mass is 418 g/mol. The summed E-state index contributed by atoms with van der Waals surface area (Å²) in [5.74, 6) is 1.11. The zero-order valence-electron chi connectivity index (χ0n) is 16.0. The molecular formula is C20H23ClN4O2S. The number of imidazole rings is 1. The topological polar surface area (TPSA) is 68.1 Å². The number of hydrogen-bond donors (Lipinski definition) is 0. The molecule has 148 valence electrons. The standard InChI is InChI=1S/C20H23ClN4O2S/c1-14-7-8-17(11-18(14)21)28(26,27)24-10-4-5-16(12-24)13-25-15(2)23-19-6-3-9-22-20(19)25/h3,6-9,11,16H,4-5,10,12-13H2,1-2H3. The molecule has 1 aromatic carbocycles. The van der Waals surface area contributed by atoms with E-state index in [4.69, 9.17) is 11.6 Å². The highest BCUT2D eigenvalue weighted by Crippen LogP contribution is 2.28. The summed E-state index contributed by atoms with van der Waals surface area (Å²) in [4.78, 5) is 9.28. The molecule has 6 nitrogen and oxygen atoms in total. The first kappa shape index (κ1) is 19.4. The minimum absolute atomic E-state index is 0.211. The molecule has 28 heavy (non-hydrogen) atoms. The summed E-state index contributed by atoms with van der Waals surface area (Å²) in [6.07, 6.45) is 3.58. The highest BCUT2D eigenvalue weighted by Gasteiger charge is 2.31. The van der Waals surface area contributed by atoms with Crippen molar-refractivity contribution in [3.63, 3.8) is 0 Å². The Balaban J connectivity index is 1.57. The minimum Gasteiger partial charge on any atom is -0.313 e. The van der Waals surface area contributed by atoms with E-state index < -0.39 is 10.0 Å². The number of benzene rings is 1. The van der Waals surface area contributed by atoms with E-state index in [2.05, 4.69) is 14.5 Å². The first-order valence-corrected chi connectivity index (χ1v) is 11.2. The number of hydrogen-bond acceptors (Lipinski definition) is 4. The average Bonchev–Trinajstić information content (AvgIpc) is 2.99. The van der Waals surface area contributed by atoms with Gasteiger partial charge in [-0.15, -0.1) is 0 Å². The zero-order valence-corrected chi connectivity index (χ0v) is 17.5. The molecule has 0 saturated carbocycles. The molecule has 0 radical (unpaired) electrons. The third-order valence-corrected chi connectivity index (χ3v) is 7.67. The first-order valence-electron chi connectivity index (χ1n) is 9.40. The van der Waals surface area contributed by atoms with Crippen LogP contribution in [0.2, 0.25) is 5.02 Å². The molecule has 8 heteroatoms. The second kappa shape index (κ2) is 7.46. The maximum Gasteiger partial charge on any atom is 0.243 e. The maximum absolute atomic E-state index is 13.1. The van der Waals surface area contributed by atoms with E-state index in [-0.39, 0.29) is 10.8 Å². The summed E-state index contributed by atoms with van der Waals surface area (Å²) < 4.78 is 29.9. The summed E-state index contributed by atoms with van der Waals surface area (Å²) >= 11 is 6.16. The molecule has 1 aliphatic rings. The molecule has 3 heterocycles. The smallest absolute Gasteiger partial charge is 0.243 e. The molecule has 0 aliphatic carbocycles. The zero-order chi connectivity index (χ0) is 19.9. The molecule has 4 rings (SSSR count). The van der Waals surface area contributed by atoms with Gasteiger partial charge in [-0.3, -0.25) is 0 Å². The third kappa shape index (κ3) is 3.54. The van der Waals surface area contributed by atoms with Crippen LogP contribution in [0.1, 0.15) is 24.2 Å². The number of halogens is 1. The predicted octanol–water partition coefficient (Wildman–Crippen LogP) is 3.80. The van der Waals surface area contributed by atoms with Crippen LogP contribution < -0.4 is 0 Å². The largest absolute Gasteiger partial charge is 0.313 e. The lowest BCUT2D eigenvalue weighted by Gasteiger charge is -2.32. The molecule has 3 aromatic rings. The highest BCUT2D eigenvalue weighted by atomic mass is 35.5. The molecular weight excluding hydrogens is 396 g/mol. The molecule has 0 N–H and O–H groups in total. The summed E-state index contributed by atoms with van der Waals surface area (Å²) in [6, 6.07) is 8.76. The van der Waals surface area contributed by atoms with Gasteiger partial charge in [0, 0.05) is 30.9 Å². The summed E-state index contributed by atoms with van der Waals surface area (Å²) in [6.45, 7) is 5.56. The van der Waals surface area contributed by atoms with E-state index in [9.17, 15) is 8.42 Å². The van der Waals surface area contributed by atoms with Gasteiger partial charge in [0.1, 0.15) is 11.3 Å². The molecule has 1 aliphatic heterocycles. The van der Waals surface area contributed by atoms with Crippen molar-refractivity contribution in [2.45, 2.75) is 38.1 Å².